The minimum atomic E-state index is -0.857. The number of amides is 1. The fourth-order valence-corrected chi connectivity index (χ4v) is 2.74. The zero-order valence-corrected chi connectivity index (χ0v) is 15.0. The third-order valence-corrected chi connectivity index (χ3v) is 4.08. The molecule has 1 amide bonds. The average Bonchev–Trinajstić information content (AvgIpc) is 2.66. The number of likely N-dealkylation sites (N-methyl/N-ethyl adjacent to an activating group) is 1. The standard InChI is InChI=1S/C21H20N2O3/c1-14(20(24)23(2)3)26-21(25)17-13-19(15-9-5-4-6-10-15)22-18-12-8-7-11-16(17)18/h4-14H,1-3H3/t14-/m1/s1. The summed E-state index contributed by atoms with van der Waals surface area (Å²) in [5.41, 5.74) is 2.69. The van der Waals surface area contributed by atoms with Gasteiger partial charge < -0.3 is 9.64 Å². The van der Waals surface area contributed by atoms with Gasteiger partial charge in [0.1, 0.15) is 0 Å². The summed E-state index contributed by atoms with van der Waals surface area (Å²) < 4.78 is 5.40. The molecule has 3 rings (SSSR count). The average molecular weight is 348 g/mol. The molecule has 0 aliphatic rings. The maximum atomic E-state index is 12.8. The Balaban J connectivity index is 2.04. The van der Waals surface area contributed by atoms with E-state index in [-0.39, 0.29) is 5.91 Å². The number of hydrogen-bond acceptors (Lipinski definition) is 4. The molecule has 0 unspecified atom stereocenters. The summed E-state index contributed by atoms with van der Waals surface area (Å²) in [6.07, 6.45) is -0.857. The summed E-state index contributed by atoms with van der Waals surface area (Å²) in [5.74, 6) is -0.802. The fourth-order valence-electron chi connectivity index (χ4n) is 2.74. The molecule has 0 aliphatic carbocycles. The topological polar surface area (TPSA) is 59.5 Å². The molecule has 0 spiro atoms. The van der Waals surface area contributed by atoms with Crippen molar-refractivity contribution in [3.8, 4) is 11.3 Å². The van der Waals surface area contributed by atoms with E-state index in [9.17, 15) is 9.59 Å². The van der Waals surface area contributed by atoms with Gasteiger partial charge in [-0.3, -0.25) is 4.79 Å². The van der Waals surface area contributed by atoms with Crippen LogP contribution in [-0.4, -0.2) is 42.0 Å². The van der Waals surface area contributed by atoms with Crippen molar-refractivity contribution >= 4 is 22.8 Å². The van der Waals surface area contributed by atoms with Gasteiger partial charge in [0.05, 0.1) is 16.8 Å². The molecule has 1 aromatic heterocycles. The van der Waals surface area contributed by atoms with Crippen molar-refractivity contribution in [2.75, 3.05) is 14.1 Å². The molecule has 5 heteroatoms. The first-order valence-electron chi connectivity index (χ1n) is 8.34. The van der Waals surface area contributed by atoms with E-state index in [1.54, 1.807) is 27.1 Å². The van der Waals surface area contributed by atoms with Gasteiger partial charge in [-0.05, 0) is 19.1 Å². The third kappa shape index (κ3) is 3.57. The second-order valence-corrected chi connectivity index (χ2v) is 6.22. The second-order valence-electron chi connectivity index (χ2n) is 6.22. The summed E-state index contributed by atoms with van der Waals surface area (Å²) in [7, 11) is 3.25. The van der Waals surface area contributed by atoms with Gasteiger partial charge in [-0.2, -0.15) is 0 Å². The normalized spacial score (nSPS) is 11.8. The highest BCUT2D eigenvalue weighted by Gasteiger charge is 2.22. The van der Waals surface area contributed by atoms with Crippen molar-refractivity contribution < 1.29 is 14.3 Å². The number of pyridine rings is 1. The van der Waals surface area contributed by atoms with E-state index in [1.165, 1.54) is 4.90 Å². The maximum Gasteiger partial charge on any atom is 0.339 e. The number of rotatable bonds is 4. The molecule has 1 atom stereocenters. The van der Waals surface area contributed by atoms with Crippen LogP contribution in [0.25, 0.3) is 22.2 Å². The molecule has 0 saturated heterocycles. The molecule has 26 heavy (non-hydrogen) atoms. The number of nitrogens with zero attached hydrogens (tertiary/aromatic N) is 2. The number of carbonyl (C=O) groups is 2. The molecule has 5 nitrogen and oxygen atoms in total. The Bertz CT molecular complexity index is 952. The van der Waals surface area contributed by atoms with Gasteiger partial charge >= 0.3 is 5.97 Å². The Morgan fingerprint density at radius 1 is 1.00 bits per heavy atom. The summed E-state index contributed by atoms with van der Waals surface area (Å²) >= 11 is 0. The van der Waals surface area contributed by atoms with Gasteiger partial charge in [-0.15, -0.1) is 0 Å². The molecule has 0 aliphatic heterocycles. The Hall–Kier alpha value is -3.21. The molecule has 0 N–H and O–H groups in total. The molecule has 0 saturated carbocycles. The van der Waals surface area contributed by atoms with E-state index < -0.39 is 12.1 Å². The summed E-state index contributed by atoms with van der Waals surface area (Å²) in [6.45, 7) is 1.57. The Morgan fingerprint density at radius 2 is 1.65 bits per heavy atom. The van der Waals surface area contributed by atoms with Gasteiger partial charge in [-0.25, -0.2) is 9.78 Å². The van der Waals surface area contributed by atoms with Crippen LogP contribution < -0.4 is 0 Å². The van der Waals surface area contributed by atoms with Crippen molar-refractivity contribution in [3.63, 3.8) is 0 Å². The van der Waals surface area contributed by atoms with E-state index in [2.05, 4.69) is 4.98 Å². The van der Waals surface area contributed by atoms with Crippen LogP contribution in [0.5, 0.6) is 0 Å². The zero-order valence-electron chi connectivity index (χ0n) is 15.0. The predicted molar refractivity (Wildman–Crippen MR) is 101 cm³/mol. The molecule has 132 valence electrons. The SMILES string of the molecule is C[C@@H](OC(=O)c1cc(-c2ccccc2)nc2ccccc12)C(=O)N(C)C. The fraction of sp³-hybridized carbons (Fsp3) is 0.190. The molecule has 2 aromatic carbocycles. The largest absolute Gasteiger partial charge is 0.449 e. The maximum absolute atomic E-state index is 12.8. The highest BCUT2D eigenvalue weighted by Crippen LogP contribution is 2.25. The van der Waals surface area contributed by atoms with Crippen molar-refractivity contribution in [3.05, 3.63) is 66.2 Å². The number of carbonyl (C=O) groups excluding carboxylic acids is 2. The second kappa shape index (κ2) is 7.35. The van der Waals surface area contributed by atoms with Gasteiger partial charge in [0.2, 0.25) is 0 Å². The molecule has 3 aromatic rings. The van der Waals surface area contributed by atoms with Gasteiger partial charge in [0.25, 0.3) is 5.91 Å². The van der Waals surface area contributed by atoms with Gasteiger partial charge in [0, 0.05) is 25.0 Å². The smallest absolute Gasteiger partial charge is 0.339 e. The number of ether oxygens (including phenoxy) is 1. The van der Waals surface area contributed by atoms with Crippen LogP contribution in [0.4, 0.5) is 0 Å². The lowest BCUT2D eigenvalue weighted by atomic mass is 10.0. The van der Waals surface area contributed by atoms with E-state index >= 15 is 0 Å². The number of aromatic nitrogens is 1. The minimum Gasteiger partial charge on any atom is -0.449 e. The summed E-state index contributed by atoms with van der Waals surface area (Å²) in [4.78, 5) is 30.8. The number of hydrogen-bond donors (Lipinski definition) is 0. The molecule has 0 radical (unpaired) electrons. The van der Waals surface area contributed by atoms with E-state index in [1.807, 2.05) is 54.6 Å². The van der Waals surface area contributed by atoms with Crippen LogP contribution in [-0.2, 0) is 9.53 Å². The molecule has 0 bridgehead atoms. The quantitative estimate of drug-likeness (QED) is 0.677. The van der Waals surface area contributed by atoms with Crippen molar-refractivity contribution in [2.45, 2.75) is 13.0 Å². The highest BCUT2D eigenvalue weighted by atomic mass is 16.5. The number of benzene rings is 2. The van der Waals surface area contributed by atoms with Crippen LogP contribution in [0.2, 0.25) is 0 Å². The number of esters is 1. The molecule has 1 heterocycles. The van der Waals surface area contributed by atoms with Crippen molar-refractivity contribution in [1.82, 2.24) is 9.88 Å². The first-order valence-corrected chi connectivity index (χ1v) is 8.34. The van der Waals surface area contributed by atoms with Gasteiger partial charge in [-0.1, -0.05) is 48.5 Å². The highest BCUT2D eigenvalue weighted by molar-refractivity contribution is 6.05. The van der Waals surface area contributed by atoms with Crippen LogP contribution in [0, 0.1) is 0 Å². The summed E-state index contributed by atoms with van der Waals surface area (Å²) in [5, 5.41) is 0.696. The Labute approximate surface area is 152 Å². The lowest BCUT2D eigenvalue weighted by Crippen LogP contribution is -2.34. The van der Waals surface area contributed by atoms with Crippen LogP contribution in [0.15, 0.2) is 60.7 Å². The predicted octanol–water partition coefficient (Wildman–Crippen LogP) is 3.54. The lowest BCUT2D eigenvalue weighted by molar-refractivity contribution is -0.137. The third-order valence-electron chi connectivity index (χ3n) is 4.08. The zero-order chi connectivity index (χ0) is 18.7. The number of fused-ring (bicyclic) bond motifs is 1. The minimum absolute atomic E-state index is 0.264. The summed E-state index contributed by atoms with van der Waals surface area (Å²) in [6, 6.07) is 18.7. The monoisotopic (exact) mass is 348 g/mol. The molecule has 0 fully saturated rings. The van der Waals surface area contributed by atoms with Crippen molar-refractivity contribution in [1.29, 1.82) is 0 Å². The molecular formula is C21H20N2O3. The van der Waals surface area contributed by atoms with Crippen LogP contribution in [0.3, 0.4) is 0 Å². The first kappa shape index (κ1) is 17.6. The van der Waals surface area contributed by atoms with E-state index in [0.29, 0.717) is 22.2 Å². The first-order chi connectivity index (χ1) is 12.5. The van der Waals surface area contributed by atoms with Crippen molar-refractivity contribution in [2.24, 2.45) is 0 Å². The Kier molecular flexibility index (Phi) is 4.98. The van der Waals surface area contributed by atoms with E-state index in [4.69, 9.17) is 4.74 Å². The number of para-hydroxylation sites is 1. The molecular weight excluding hydrogens is 328 g/mol. The van der Waals surface area contributed by atoms with Crippen LogP contribution in [0.1, 0.15) is 17.3 Å². The Morgan fingerprint density at radius 3 is 2.35 bits per heavy atom. The van der Waals surface area contributed by atoms with E-state index in [0.717, 1.165) is 5.56 Å². The van der Waals surface area contributed by atoms with Crippen LogP contribution >= 0.6 is 0 Å². The lowest BCUT2D eigenvalue weighted by Gasteiger charge is -2.18. The van der Waals surface area contributed by atoms with Gasteiger partial charge in [0.15, 0.2) is 6.10 Å².